The number of nitrogens with one attached hydrogen (secondary N) is 1. The summed E-state index contributed by atoms with van der Waals surface area (Å²) in [6.45, 7) is 3.70. The van der Waals surface area contributed by atoms with Gasteiger partial charge in [0.1, 0.15) is 11.6 Å². The molecule has 0 spiro atoms. The number of aromatic amines is 1. The molecule has 5 nitrogen and oxygen atoms in total. The Balaban J connectivity index is 3.06. The number of hydrogen-bond donors (Lipinski definition) is 2. The van der Waals surface area contributed by atoms with Gasteiger partial charge in [0, 0.05) is 25.1 Å². The predicted octanol–water partition coefficient (Wildman–Crippen LogP) is 0.923. The Morgan fingerprint density at radius 1 is 1.50 bits per heavy atom. The maximum Gasteiger partial charge on any atom is 0.255 e. The summed E-state index contributed by atoms with van der Waals surface area (Å²) < 4.78 is 24.9. The van der Waals surface area contributed by atoms with Gasteiger partial charge in [-0.25, -0.2) is 13.8 Å². The molecule has 0 amide bonds. The van der Waals surface area contributed by atoms with Crippen LogP contribution in [-0.2, 0) is 0 Å². The molecule has 0 unspecified atom stereocenters. The topological polar surface area (TPSA) is 75.0 Å². The lowest BCUT2D eigenvalue weighted by molar-refractivity contribution is 0.154. The van der Waals surface area contributed by atoms with Crippen LogP contribution in [0.15, 0.2) is 10.9 Å². The second-order valence-corrected chi connectivity index (χ2v) is 4.27. The fraction of sp³-hybridized carbons (Fsp3) is 0.636. The van der Waals surface area contributed by atoms with E-state index in [1.165, 1.54) is 11.0 Å². The molecule has 7 heteroatoms. The summed E-state index contributed by atoms with van der Waals surface area (Å²) in [5.41, 5.74) is 5.03. The Morgan fingerprint density at radius 3 is 2.67 bits per heavy atom. The Morgan fingerprint density at radius 2 is 2.17 bits per heavy atom. The molecule has 0 aliphatic heterocycles. The summed E-state index contributed by atoms with van der Waals surface area (Å²) in [5.74, 6) is 0.742. The van der Waals surface area contributed by atoms with Crippen LogP contribution in [0.2, 0.25) is 0 Å². The molecular formula is C11H18F2N4O. The summed E-state index contributed by atoms with van der Waals surface area (Å²) in [6.07, 6.45) is -2.50. The van der Waals surface area contributed by atoms with E-state index in [4.69, 9.17) is 5.73 Å². The standard InChI is InChI=1S/C11H18F2N4O/c1-7(2)11-15-9(5-10(18)16-11)17(4-3-14)6-8(12)13/h5,7-8H,3-4,6,14H2,1-2H3,(H,15,16,18). The van der Waals surface area contributed by atoms with E-state index in [-0.39, 0.29) is 30.4 Å². The van der Waals surface area contributed by atoms with E-state index in [9.17, 15) is 13.6 Å². The van der Waals surface area contributed by atoms with Gasteiger partial charge in [-0.1, -0.05) is 13.8 Å². The fourth-order valence-corrected chi connectivity index (χ4v) is 1.52. The Kier molecular flexibility index (Phi) is 5.21. The molecule has 0 radical (unpaired) electrons. The largest absolute Gasteiger partial charge is 0.349 e. The lowest BCUT2D eigenvalue weighted by Crippen LogP contribution is -2.35. The van der Waals surface area contributed by atoms with E-state index in [1.807, 2.05) is 13.8 Å². The zero-order valence-electron chi connectivity index (χ0n) is 10.5. The highest BCUT2D eigenvalue weighted by Gasteiger charge is 2.15. The minimum absolute atomic E-state index is 0.0175. The van der Waals surface area contributed by atoms with Gasteiger partial charge < -0.3 is 15.6 Å². The lowest BCUT2D eigenvalue weighted by Gasteiger charge is -2.23. The van der Waals surface area contributed by atoms with Gasteiger partial charge in [0.05, 0.1) is 6.54 Å². The number of nitrogens with zero attached hydrogens (tertiary/aromatic N) is 2. The molecular weight excluding hydrogens is 242 g/mol. The van der Waals surface area contributed by atoms with Gasteiger partial charge in [0.25, 0.3) is 12.0 Å². The van der Waals surface area contributed by atoms with E-state index in [2.05, 4.69) is 9.97 Å². The van der Waals surface area contributed by atoms with Crippen molar-refractivity contribution < 1.29 is 8.78 Å². The highest BCUT2D eigenvalue weighted by molar-refractivity contribution is 5.37. The van der Waals surface area contributed by atoms with E-state index >= 15 is 0 Å². The van der Waals surface area contributed by atoms with E-state index in [0.29, 0.717) is 5.82 Å². The number of hydrogen-bond acceptors (Lipinski definition) is 4. The first-order valence-corrected chi connectivity index (χ1v) is 5.78. The van der Waals surface area contributed by atoms with Gasteiger partial charge in [0.2, 0.25) is 0 Å². The number of alkyl halides is 2. The van der Waals surface area contributed by atoms with Crippen LogP contribution in [0, 0.1) is 0 Å². The number of anilines is 1. The number of H-pyrrole nitrogens is 1. The number of aromatic nitrogens is 2. The van der Waals surface area contributed by atoms with Crippen molar-refractivity contribution in [3.05, 3.63) is 22.2 Å². The summed E-state index contributed by atoms with van der Waals surface area (Å²) in [6, 6.07) is 1.21. The molecule has 18 heavy (non-hydrogen) atoms. The molecule has 1 aromatic rings. The monoisotopic (exact) mass is 260 g/mol. The molecule has 0 saturated heterocycles. The van der Waals surface area contributed by atoms with Crippen molar-refractivity contribution in [2.75, 3.05) is 24.5 Å². The molecule has 0 aliphatic carbocycles. The van der Waals surface area contributed by atoms with Gasteiger partial charge in [-0.15, -0.1) is 0 Å². The predicted molar refractivity (Wildman–Crippen MR) is 66.2 cm³/mol. The molecule has 3 N–H and O–H groups in total. The third-order valence-electron chi connectivity index (χ3n) is 2.37. The Hall–Kier alpha value is -1.50. The second kappa shape index (κ2) is 6.44. The van der Waals surface area contributed by atoms with Gasteiger partial charge in [-0.3, -0.25) is 4.79 Å². The molecule has 0 atom stereocenters. The minimum atomic E-state index is -2.50. The van der Waals surface area contributed by atoms with Crippen LogP contribution in [0.1, 0.15) is 25.6 Å². The van der Waals surface area contributed by atoms with Crippen molar-refractivity contribution >= 4 is 5.82 Å². The lowest BCUT2D eigenvalue weighted by atomic mass is 10.2. The Labute approximate surface area is 104 Å². The SMILES string of the molecule is CC(C)c1nc(N(CCN)CC(F)F)cc(=O)[nH]1. The van der Waals surface area contributed by atoms with E-state index in [0.717, 1.165) is 0 Å². The first-order valence-electron chi connectivity index (χ1n) is 5.78. The number of rotatable bonds is 6. The van der Waals surface area contributed by atoms with Crippen molar-refractivity contribution in [3.63, 3.8) is 0 Å². The molecule has 0 saturated carbocycles. The molecule has 0 fully saturated rings. The van der Waals surface area contributed by atoms with Crippen LogP contribution in [0.25, 0.3) is 0 Å². The van der Waals surface area contributed by atoms with Crippen molar-refractivity contribution in [2.24, 2.45) is 5.73 Å². The molecule has 1 aromatic heterocycles. The molecule has 0 aliphatic rings. The summed E-state index contributed by atoms with van der Waals surface area (Å²) in [7, 11) is 0. The van der Waals surface area contributed by atoms with Crippen LogP contribution >= 0.6 is 0 Å². The maximum absolute atomic E-state index is 12.5. The van der Waals surface area contributed by atoms with Crippen molar-refractivity contribution in [2.45, 2.75) is 26.2 Å². The minimum Gasteiger partial charge on any atom is -0.349 e. The zero-order valence-corrected chi connectivity index (χ0v) is 10.5. The van der Waals surface area contributed by atoms with Crippen molar-refractivity contribution in [3.8, 4) is 0 Å². The van der Waals surface area contributed by atoms with Crippen LogP contribution in [-0.4, -0.2) is 36.0 Å². The first-order chi connectivity index (χ1) is 8.43. The van der Waals surface area contributed by atoms with E-state index in [1.54, 1.807) is 0 Å². The smallest absolute Gasteiger partial charge is 0.255 e. The quantitative estimate of drug-likeness (QED) is 0.797. The third-order valence-corrected chi connectivity index (χ3v) is 2.37. The molecule has 0 bridgehead atoms. The zero-order chi connectivity index (χ0) is 13.7. The number of halogens is 2. The molecule has 102 valence electrons. The number of nitrogens with two attached hydrogens (primary N) is 1. The van der Waals surface area contributed by atoms with Crippen LogP contribution in [0.3, 0.4) is 0 Å². The maximum atomic E-state index is 12.5. The first kappa shape index (κ1) is 14.6. The van der Waals surface area contributed by atoms with Crippen LogP contribution in [0.4, 0.5) is 14.6 Å². The van der Waals surface area contributed by atoms with Crippen LogP contribution < -0.4 is 16.2 Å². The Bertz CT molecular complexity index is 433. The fourth-order valence-electron chi connectivity index (χ4n) is 1.52. The van der Waals surface area contributed by atoms with Gasteiger partial charge in [-0.05, 0) is 0 Å². The molecule has 0 aromatic carbocycles. The summed E-state index contributed by atoms with van der Waals surface area (Å²) >= 11 is 0. The van der Waals surface area contributed by atoms with Crippen molar-refractivity contribution in [1.82, 2.24) is 9.97 Å². The molecule has 1 heterocycles. The van der Waals surface area contributed by atoms with Crippen molar-refractivity contribution in [1.29, 1.82) is 0 Å². The normalized spacial score (nSPS) is 11.3. The highest BCUT2D eigenvalue weighted by atomic mass is 19.3. The van der Waals surface area contributed by atoms with E-state index < -0.39 is 13.0 Å². The second-order valence-electron chi connectivity index (χ2n) is 4.27. The average molecular weight is 260 g/mol. The van der Waals surface area contributed by atoms with Gasteiger partial charge in [0.15, 0.2) is 0 Å². The summed E-state index contributed by atoms with van der Waals surface area (Å²) in [5, 5.41) is 0. The highest BCUT2D eigenvalue weighted by Crippen LogP contribution is 2.13. The van der Waals surface area contributed by atoms with Gasteiger partial charge in [-0.2, -0.15) is 0 Å². The third kappa shape index (κ3) is 4.06. The van der Waals surface area contributed by atoms with Crippen LogP contribution in [0.5, 0.6) is 0 Å². The summed E-state index contributed by atoms with van der Waals surface area (Å²) in [4.78, 5) is 19.6. The molecule has 1 rings (SSSR count). The average Bonchev–Trinajstić information content (AvgIpc) is 2.27. The van der Waals surface area contributed by atoms with Gasteiger partial charge >= 0.3 is 0 Å².